The van der Waals surface area contributed by atoms with Crippen molar-refractivity contribution in [3.63, 3.8) is 0 Å². The third-order valence-electron chi connectivity index (χ3n) is 4.07. The van der Waals surface area contributed by atoms with Crippen molar-refractivity contribution in [2.75, 3.05) is 26.2 Å². The van der Waals surface area contributed by atoms with Crippen LogP contribution >= 0.6 is 0 Å². The molecule has 110 valence electrons. The molecule has 3 rings (SSSR count). The summed E-state index contributed by atoms with van der Waals surface area (Å²) in [5.41, 5.74) is 6.90. The highest BCUT2D eigenvalue weighted by Crippen LogP contribution is 2.33. The molecule has 1 unspecified atom stereocenters. The second kappa shape index (κ2) is 6.46. The van der Waals surface area contributed by atoms with Crippen LogP contribution in [-0.2, 0) is 6.54 Å². The van der Waals surface area contributed by atoms with Crippen molar-refractivity contribution in [3.8, 4) is 11.5 Å². The van der Waals surface area contributed by atoms with Crippen molar-refractivity contribution in [1.82, 2.24) is 4.90 Å². The Hall–Kier alpha value is -1.26. The number of likely N-dealkylation sites (tertiary alicyclic amines) is 1. The first-order chi connectivity index (χ1) is 9.85. The molecule has 0 aliphatic carbocycles. The van der Waals surface area contributed by atoms with Crippen LogP contribution in [0, 0.1) is 0 Å². The Bertz CT molecular complexity index is 444. The Morgan fingerprint density at radius 2 is 2.00 bits per heavy atom. The van der Waals surface area contributed by atoms with Crippen LogP contribution in [0.25, 0.3) is 0 Å². The van der Waals surface area contributed by atoms with E-state index in [2.05, 4.69) is 17.0 Å². The maximum atomic E-state index is 5.98. The Kier molecular flexibility index (Phi) is 4.43. The molecular weight excluding hydrogens is 252 g/mol. The van der Waals surface area contributed by atoms with E-state index >= 15 is 0 Å². The molecule has 2 N–H and O–H groups in total. The maximum Gasteiger partial charge on any atom is 0.162 e. The van der Waals surface area contributed by atoms with E-state index in [1.165, 1.54) is 37.9 Å². The monoisotopic (exact) mass is 276 g/mol. The van der Waals surface area contributed by atoms with Crippen molar-refractivity contribution < 1.29 is 9.47 Å². The minimum atomic E-state index is 0.0951. The van der Waals surface area contributed by atoms with Crippen molar-refractivity contribution >= 4 is 0 Å². The highest BCUT2D eigenvalue weighted by molar-refractivity contribution is 5.44. The van der Waals surface area contributed by atoms with Crippen LogP contribution in [0.4, 0.5) is 0 Å². The third-order valence-corrected chi connectivity index (χ3v) is 4.07. The SMILES string of the molecule is NCCC1COc2ccc(CN3CCCCC3)cc2O1. The molecule has 0 amide bonds. The average Bonchev–Trinajstić information content (AvgIpc) is 2.48. The molecule has 1 aromatic rings. The molecule has 1 atom stereocenters. The van der Waals surface area contributed by atoms with E-state index in [1.807, 2.05) is 6.07 Å². The number of nitrogens with zero attached hydrogens (tertiary/aromatic N) is 1. The summed E-state index contributed by atoms with van der Waals surface area (Å²) >= 11 is 0. The van der Waals surface area contributed by atoms with Crippen LogP contribution in [-0.4, -0.2) is 37.2 Å². The van der Waals surface area contributed by atoms with E-state index in [0.717, 1.165) is 24.5 Å². The van der Waals surface area contributed by atoms with Crippen molar-refractivity contribution in [2.24, 2.45) is 5.73 Å². The van der Waals surface area contributed by atoms with E-state index in [0.29, 0.717) is 13.2 Å². The van der Waals surface area contributed by atoms with Gasteiger partial charge in [-0.25, -0.2) is 0 Å². The second-order valence-corrected chi connectivity index (χ2v) is 5.75. The van der Waals surface area contributed by atoms with Crippen LogP contribution in [0.15, 0.2) is 18.2 Å². The van der Waals surface area contributed by atoms with Gasteiger partial charge in [0, 0.05) is 6.54 Å². The fraction of sp³-hybridized carbons (Fsp3) is 0.625. The number of piperidine rings is 1. The summed E-state index contributed by atoms with van der Waals surface area (Å²) in [6.45, 7) is 4.68. The first kappa shape index (κ1) is 13.7. The molecule has 2 aliphatic heterocycles. The number of rotatable bonds is 4. The van der Waals surface area contributed by atoms with E-state index in [-0.39, 0.29) is 6.10 Å². The molecule has 2 heterocycles. The summed E-state index contributed by atoms with van der Waals surface area (Å²) in [6.07, 6.45) is 4.96. The number of fused-ring (bicyclic) bond motifs is 1. The van der Waals surface area contributed by atoms with E-state index in [9.17, 15) is 0 Å². The summed E-state index contributed by atoms with van der Waals surface area (Å²) in [5.74, 6) is 1.74. The lowest BCUT2D eigenvalue weighted by Gasteiger charge is -2.29. The van der Waals surface area contributed by atoms with Gasteiger partial charge in [-0.2, -0.15) is 0 Å². The fourth-order valence-corrected chi connectivity index (χ4v) is 2.96. The molecule has 20 heavy (non-hydrogen) atoms. The smallest absolute Gasteiger partial charge is 0.162 e. The van der Waals surface area contributed by atoms with Gasteiger partial charge in [-0.05, 0) is 56.6 Å². The molecule has 0 bridgehead atoms. The van der Waals surface area contributed by atoms with Crippen molar-refractivity contribution in [3.05, 3.63) is 23.8 Å². The Labute approximate surface area is 120 Å². The highest BCUT2D eigenvalue weighted by Gasteiger charge is 2.21. The summed E-state index contributed by atoms with van der Waals surface area (Å²) in [5, 5.41) is 0. The third kappa shape index (κ3) is 3.25. The van der Waals surface area contributed by atoms with Gasteiger partial charge in [0.05, 0.1) is 0 Å². The van der Waals surface area contributed by atoms with Gasteiger partial charge >= 0.3 is 0 Å². The van der Waals surface area contributed by atoms with Gasteiger partial charge < -0.3 is 15.2 Å². The van der Waals surface area contributed by atoms with Crippen LogP contribution in [0.1, 0.15) is 31.2 Å². The van der Waals surface area contributed by atoms with Gasteiger partial charge in [0.25, 0.3) is 0 Å². The Morgan fingerprint density at radius 1 is 1.15 bits per heavy atom. The molecule has 4 nitrogen and oxygen atoms in total. The predicted molar refractivity (Wildman–Crippen MR) is 79.2 cm³/mol. The molecule has 0 radical (unpaired) electrons. The zero-order valence-electron chi connectivity index (χ0n) is 12.0. The lowest BCUT2D eigenvalue weighted by Crippen LogP contribution is -2.31. The normalized spacial score (nSPS) is 22.8. The van der Waals surface area contributed by atoms with Crippen LogP contribution in [0.5, 0.6) is 11.5 Å². The number of ether oxygens (including phenoxy) is 2. The van der Waals surface area contributed by atoms with Gasteiger partial charge in [0.15, 0.2) is 11.5 Å². The minimum absolute atomic E-state index is 0.0951. The van der Waals surface area contributed by atoms with Gasteiger partial charge in [-0.1, -0.05) is 12.5 Å². The summed E-state index contributed by atoms with van der Waals surface area (Å²) in [7, 11) is 0. The number of benzene rings is 1. The van der Waals surface area contributed by atoms with Gasteiger partial charge in [0.1, 0.15) is 12.7 Å². The van der Waals surface area contributed by atoms with Crippen LogP contribution in [0.3, 0.4) is 0 Å². The largest absolute Gasteiger partial charge is 0.486 e. The molecular formula is C16H24N2O2. The summed E-state index contributed by atoms with van der Waals surface area (Å²) < 4.78 is 11.7. The zero-order valence-corrected chi connectivity index (χ0v) is 12.0. The molecule has 0 aromatic heterocycles. The molecule has 0 spiro atoms. The Morgan fingerprint density at radius 3 is 2.80 bits per heavy atom. The quantitative estimate of drug-likeness (QED) is 0.915. The van der Waals surface area contributed by atoms with E-state index < -0.39 is 0 Å². The molecule has 1 fully saturated rings. The van der Waals surface area contributed by atoms with Gasteiger partial charge in [-0.15, -0.1) is 0 Å². The molecule has 4 heteroatoms. The Balaban J connectivity index is 1.66. The summed E-state index contributed by atoms with van der Waals surface area (Å²) in [6, 6.07) is 6.32. The van der Waals surface area contributed by atoms with Gasteiger partial charge in [-0.3, -0.25) is 4.90 Å². The number of hydrogen-bond donors (Lipinski definition) is 1. The van der Waals surface area contributed by atoms with Gasteiger partial charge in [0.2, 0.25) is 0 Å². The van der Waals surface area contributed by atoms with Crippen molar-refractivity contribution in [2.45, 2.75) is 38.3 Å². The average molecular weight is 276 g/mol. The topological polar surface area (TPSA) is 47.7 Å². The van der Waals surface area contributed by atoms with Crippen LogP contribution < -0.4 is 15.2 Å². The predicted octanol–water partition coefficient (Wildman–Crippen LogP) is 2.16. The van der Waals surface area contributed by atoms with E-state index in [4.69, 9.17) is 15.2 Å². The lowest BCUT2D eigenvalue weighted by molar-refractivity contribution is 0.0863. The zero-order chi connectivity index (χ0) is 13.8. The standard InChI is InChI=1S/C16H24N2O2/c17-7-6-14-12-19-15-5-4-13(10-16(15)20-14)11-18-8-2-1-3-9-18/h4-5,10,14H,1-3,6-9,11-12,17H2. The van der Waals surface area contributed by atoms with Crippen LogP contribution in [0.2, 0.25) is 0 Å². The molecule has 1 saturated heterocycles. The first-order valence-corrected chi connectivity index (χ1v) is 7.70. The molecule has 1 aromatic carbocycles. The molecule has 2 aliphatic rings. The summed E-state index contributed by atoms with van der Waals surface area (Å²) in [4.78, 5) is 2.52. The highest BCUT2D eigenvalue weighted by atomic mass is 16.6. The van der Waals surface area contributed by atoms with Crippen molar-refractivity contribution in [1.29, 1.82) is 0 Å². The minimum Gasteiger partial charge on any atom is -0.486 e. The first-order valence-electron chi connectivity index (χ1n) is 7.70. The number of nitrogens with two attached hydrogens (primary N) is 1. The number of hydrogen-bond acceptors (Lipinski definition) is 4. The maximum absolute atomic E-state index is 5.98. The fourth-order valence-electron chi connectivity index (χ4n) is 2.96. The molecule has 0 saturated carbocycles. The lowest BCUT2D eigenvalue weighted by atomic mass is 10.1. The van der Waals surface area contributed by atoms with E-state index in [1.54, 1.807) is 0 Å². The second-order valence-electron chi connectivity index (χ2n) is 5.75.